The SMILES string of the molecule is Cc1nc(C)c(C(C)NC(=O)c2ccc3cc[nH]c3c2)s1. The van der Waals surface area contributed by atoms with E-state index in [2.05, 4.69) is 15.3 Å². The summed E-state index contributed by atoms with van der Waals surface area (Å²) >= 11 is 1.63. The molecule has 1 atom stereocenters. The van der Waals surface area contributed by atoms with Crippen molar-refractivity contribution in [3.8, 4) is 0 Å². The first-order chi connectivity index (χ1) is 10.0. The number of carbonyl (C=O) groups is 1. The summed E-state index contributed by atoms with van der Waals surface area (Å²) in [6.07, 6.45) is 1.87. The molecule has 0 saturated heterocycles. The van der Waals surface area contributed by atoms with Crippen LogP contribution < -0.4 is 5.32 Å². The van der Waals surface area contributed by atoms with Gasteiger partial charge in [0.05, 0.1) is 16.7 Å². The minimum atomic E-state index is -0.0653. The number of hydrogen-bond acceptors (Lipinski definition) is 3. The number of aromatic nitrogens is 2. The minimum absolute atomic E-state index is 0.0389. The van der Waals surface area contributed by atoms with Crippen molar-refractivity contribution in [2.45, 2.75) is 26.8 Å². The number of hydrogen-bond donors (Lipinski definition) is 2. The molecule has 5 heteroatoms. The Bertz CT molecular complexity index is 803. The van der Waals surface area contributed by atoms with Crippen LogP contribution >= 0.6 is 11.3 Å². The van der Waals surface area contributed by atoms with Crippen LogP contribution in [0.3, 0.4) is 0 Å². The third kappa shape index (κ3) is 2.69. The molecule has 4 nitrogen and oxygen atoms in total. The summed E-state index contributed by atoms with van der Waals surface area (Å²) in [4.78, 5) is 21.0. The summed E-state index contributed by atoms with van der Waals surface area (Å²) in [5, 5.41) is 5.17. The van der Waals surface area contributed by atoms with Crippen molar-refractivity contribution in [3.63, 3.8) is 0 Å². The Morgan fingerprint density at radius 2 is 2.14 bits per heavy atom. The van der Waals surface area contributed by atoms with Crippen LogP contribution in [0.4, 0.5) is 0 Å². The van der Waals surface area contributed by atoms with Gasteiger partial charge in [0.15, 0.2) is 0 Å². The van der Waals surface area contributed by atoms with Gasteiger partial charge in [-0.05, 0) is 44.4 Å². The maximum atomic E-state index is 12.4. The fourth-order valence-electron chi connectivity index (χ4n) is 2.48. The van der Waals surface area contributed by atoms with Gasteiger partial charge in [-0.3, -0.25) is 4.79 Å². The molecule has 108 valence electrons. The molecule has 0 aliphatic carbocycles. The van der Waals surface area contributed by atoms with Crippen LogP contribution in [0.15, 0.2) is 30.5 Å². The predicted octanol–water partition coefficient (Wildman–Crippen LogP) is 3.73. The van der Waals surface area contributed by atoms with Crippen molar-refractivity contribution >= 4 is 28.1 Å². The van der Waals surface area contributed by atoms with Crippen LogP contribution in [-0.2, 0) is 0 Å². The largest absolute Gasteiger partial charge is 0.361 e. The highest BCUT2D eigenvalue weighted by atomic mass is 32.1. The topological polar surface area (TPSA) is 57.8 Å². The molecule has 0 radical (unpaired) electrons. The number of nitrogens with zero attached hydrogens (tertiary/aromatic N) is 1. The number of thiazole rings is 1. The van der Waals surface area contributed by atoms with E-state index in [1.807, 2.05) is 51.2 Å². The van der Waals surface area contributed by atoms with Gasteiger partial charge in [-0.15, -0.1) is 11.3 Å². The molecule has 2 aromatic heterocycles. The summed E-state index contributed by atoms with van der Waals surface area (Å²) < 4.78 is 0. The lowest BCUT2D eigenvalue weighted by Crippen LogP contribution is -2.26. The number of carbonyl (C=O) groups excluding carboxylic acids is 1. The van der Waals surface area contributed by atoms with E-state index in [1.54, 1.807) is 11.3 Å². The van der Waals surface area contributed by atoms with Gasteiger partial charge in [-0.1, -0.05) is 6.07 Å². The molecular weight excluding hydrogens is 282 g/mol. The normalized spacial score (nSPS) is 12.5. The summed E-state index contributed by atoms with van der Waals surface area (Å²) in [5.41, 5.74) is 2.63. The summed E-state index contributed by atoms with van der Waals surface area (Å²) in [6, 6.07) is 7.63. The summed E-state index contributed by atoms with van der Waals surface area (Å²) in [6.45, 7) is 5.95. The van der Waals surface area contributed by atoms with Crippen LogP contribution in [0.5, 0.6) is 0 Å². The molecule has 2 N–H and O–H groups in total. The van der Waals surface area contributed by atoms with E-state index in [0.29, 0.717) is 5.56 Å². The number of amides is 1. The highest BCUT2D eigenvalue weighted by Crippen LogP contribution is 2.25. The van der Waals surface area contributed by atoms with Gasteiger partial charge < -0.3 is 10.3 Å². The third-order valence-electron chi connectivity index (χ3n) is 3.50. The number of aryl methyl sites for hydroxylation is 2. The number of aromatic amines is 1. The zero-order chi connectivity index (χ0) is 15.0. The molecule has 0 aliphatic rings. The first-order valence-electron chi connectivity index (χ1n) is 6.86. The van der Waals surface area contributed by atoms with Crippen LogP contribution in [0.2, 0.25) is 0 Å². The van der Waals surface area contributed by atoms with Crippen LogP contribution in [0.25, 0.3) is 10.9 Å². The highest BCUT2D eigenvalue weighted by molar-refractivity contribution is 7.11. The maximum absolute atomic E-state index is 12.4. The van der Waals surface area contributed by atoms with E-state index in [0.717, 1.165) is 26.5 Å². The quantitative estimate of drug-likeness (QED) is 0.774. The zero-order valence-corrected chi connectivity index (χ0v) is 13.0. The second kappa shape index (κ2) is 5.33. The predicted molar refractivity (Wildman–Crippen MR) is 85.8 cm³/mol. The first kappa shape index (κ1) is 13.8. The van der Waals surface area contributed by atoms with Gasteiger partial charge in [0.1, 0.15) is 0 Å². The number of nitrogens with one attached hydrogen (secondary N) is 2. The second-order valence-electron chi connectivity index (χ2n) is 5.16. The fourth-order valence-corrected chi connectivity index (χ4v) is 3.41. The van der Waals surface area contributed by atoms with E-state index in [1.165, 1.54) is 0 Å². The minimum Gasteiger partial charge on any atom is -0.361 e. The van der Waals surface area contributed by atoms with E-state index in [9.17, 15) is 4.79 Å². The van der Waals surface area contributed by atoms with Gasteiger partial charge in [-0.2, -0.15) is 0 Å². The molecule has 0 saturated carbocycles. The van der Waals surface area contributed by atoms with Gasteiger partial charge >= 0.3 is 0 Å². The zero-order valence-electron chi connectivity index (χ0n) is 12.2. The molecule has 1 unspecified atom stereocenters. The van der Waals surface area contributed by atoms with Gasteiger partial charge in [0, 0.05) is 22.2 Å². The Balaban J connectivity index is 1.80. The molecular formula is C16H17N3OS. The third-order valence-corrected chi connectivity index (χ3v) is 4.75. The molecule has 3 rings (SSSR count). The Kier molecular flexibility index (Phi) is 3.51. The Morgan fingerprint density at radius 3 is 2.86 bits per heavy atom. The van der Waals surface area contributed by atoms with Gasteiger partial charge in [-0.25, -0.2) is 4.98 Å². The summed E-state index contributed by atoms with van der Waals surface area (Å²) in [7, 11) is 0. The Morgan fingerprint density at radius 1 is 1.33 bits per heavy atom. The molecule has 0 spiro atoms. The monoisotopic (exact) mass is 299 g/mol. The molecule has 3 aromatic rings. The van der Waals surface area contributed by atoms with E-state index >= 15 is 0 Å². The van der Waals surface area contributed by atoms with Crippen molar-refractivity contribution in [2.24, 2.45) is 0 Å². The Labute approximate surface area is 127 Å². The molecule has 1 amide bonds. The maximum Gasteiger partial charge on any atom is 0.251 e. The van der Waals surface area contributed by atoms with Crippen LogP contribution in [0.1, 0.15) is 38.9 Å². The first-order valence-corrected chi connectivity index (χ1v) is 7.68. The number of fused-ring (bicyclic) bond motifs is 1. The Hall–Kier alpha value is -2.14. The smallest absolute Gasteiger partial charge is 0.251 e. The average Bonchev–Trinajstić information content (AvgIpc) is 3.03. The van der Waals surface area contributed by atoms with Gasteiger partial charge in [0.25, 0.3) is 5.91 Å². The van der Waals surface area contributed by atoms with Crippen molar-refractivity contribution in [2.75, 3.05) is 0 Å². The lowest BCUT2D eigenvalue weighted by atomic mass is 10.1. The lowest BCUT2D eigenvalue weighted by molar-refractivity contribution is 0.0940. The second-order valence-corrected chi connectivity index (χ2v) is 6.39. The fraction of sp³-hybridized carbons (Fsp3) is 0.250. The van der Waals surface area contributed by atoms with Crippen LogP contribution in [-0.4, -0.2) is 15.9 Å². The molecule has 0 fully saturated rings. The van der Waals surface area contributed by atoms with Crippen molar-refractivity contribution < 1.29 is 4.79 Å². The van der Waals surface area contributed by atoms with E-state index < -0.39 is 0 Å². The lowest BCUT2D eigenvalue weighted by Gasteiger charge is -2.13. The number of H-pyrrole nitrogens is 1. The molecule has 0 bridgehead atoms. The van der Waals surface area contributed by atoms with Crippen molar-refractivity contribution in [1.82, 2.24) is 15.3 Å². The summed E-state index contributed by atoms with van der Waals surface area (Å²) in [5.74, 6) is -0.0653. The number of benzene rings is 1. The average molecular weight is 299 g/mol. The number of rotatable bonds is 3. The van der Waals surface area contributed by atoms with Crippen LogP contribution in [0, 0.1) is 13.8 Å². The standard InChI is InChI=1S/C16H17N3OS/c1-9-15(21-11(3)18-9)10(2)19-16(20)13-5-4-12-6-7-17-14(12)8-13/h4-8,10,17H,1-3H3,(H,19,20). The van der Waals surface area contributed by atoms with E-state index in [4.69, 9.17) is 0 Å². The van der Waals surface area contributed by atoms with Crippen molar-refractivity contribution in [3.05, 3.63) is 51.6 Å². The van der Waals surface area contributed by atoms with Crippen molar-refractivity contribution in [1.29, 1.82) is 0 Å². The van der Waals surface area contributed by atoms with Gasteiger partial charge in [0.2, 0.25) is 0 Å². The molecule has 0 aliphatic heterocycles. The van der Waals surface area contributed by atoms with E-state index in [-0.39, 0.29) is 11.9 Å². The molecule has 21 heavy (non-hydrogen) atoms. The molecule has 2 heterocycles. The highest BCUT2D eigenvalue weighted by Gasteiger charge is 2.16. The molecule has 1 aromatic carbocycles.